The van der Waals surface area contributed by atoms with Gasteiger partial charge in [-0.25, -0.2) is 8.78 Å². The topological polar surface area (TPSA) is 60.3 Å². The highest BCUT2D eigenvalue weighted by Gasteiger charge is 2.36. The van der Waals surface area contributed by atoms with Gasteiger partial charge < -0.3 is 14.2 Å². The Morgan fingerprint density at radius 1 is 1.09 bits per heavy atom. The molecule has 5 rings (SSSR count). The molecule has 1 amide bonds. The van der Waals surface area contributed by atoms with Crippen LogP contribution in [0.4, 0.5) is 8.78 Å². The normalized spacial score (nSPS) is 18.2. The van der Waals surface area contributed by atoms with Gasteiger partial charge in [-0.15, -0.1) is 10.2 Å². The third-order valence-electron chi connectivity index (χ3n) is 6.29. The fourth-order valence-corrected chi connectivity index (χ4v) is 4.37. The smallest absolute Gasteiger partial charge is 0.225 e. The quantitative estimate of drug-likeness (QED) is 0.580. The molecule has 0 bridgehead atoms. The van der Waals surface area contributed by atoms with E-state index >= 15 is 4.39 Å². The summed E-state index contributed by atoms with van der Waals surface area (Å²) in [6.07, 6.45) is 4.54. The van der Waals surface area contributed by atoms with Crippen molar-refractivity contribution in [3.05, 3.63) is 54.4 Å². The van der Waals surface area contributed by atoms with Crippen molar-refractivity contribution in [1.29, 1.82) is 0 Å². The van der Waals surface area contributed by atoms with Crippen LogP contribution in [0.15, 0.2) is 42.7 Å². The van der Waals surface area contributed by atoms with E-state index in [0.717, 1.165) is 32.4 Å². The second-order valence-corrected chi connectivity index (χ2v) is 8.56. The minimum atomic E-state index is -0.500. The van der Waals surface area contributed by atoms with Crippen LogP contribution in [0.1, 0.15) is 19.3 Å². The molecule has 0 unspecified atom stereocenters. The molecule has 2 aromatic carbocycles. The second-order valence-electron chi connectivity index (χ2n) is 8.56. The number of carbonyl (C=O) groups excluding carboxylic acids is 1. The van der Waals surface area contributed by atoms with Crippen LogP contribution in [0.2, 0.25) is 0 Å². The Kier molecular flexibility index (Phi) is 5.36. The summed E-state index contributed by atoms with van der Waals surface area (Å²) in [5.74, 6) is 0.422. The number of amides is 1. The molecule has 1 aliphatic heterocycles. The van der Waals surface area contributed by atoms with E-state index < -0.39 is 11.6 Å². The number of ether oxygens (including phenoxy) is 1. The third-order valence-corrected chi connectivity index (χ3v) is 6.29. The molecule has 1 aliphatic carbocycles. The Morgan fingerprint density at radius 3 is 2.53 bits per heavy atom. The molecule has 2 fully saturated rings. The third kappa shape index (κ3) is 3.97. The van der Waals surface area contributed by atoms with Crippen LogP contribution in [0.3, 0.4) is 0 Å². The summed E-state index contributed by atoms with van der Waals surface area (Å²) in [4.78, 5) is 14.3. The summed E-state index contributed by atoms with van der Waals surface area (Å²) in [6.45, 7) is 2.12. The largest absolute Gasteiger partial charge is 0.494 e. The highest BCUT2D eigenvalue weighted by Crippen LogP contribution is 2.34. The number of benzene rings is 2. The molecule has 6 nitrogen and oxygen atoms in total. The fraction of sp³-hybridized carbons (Fsp3) is 0.375. The molecule has 0 radical (unpaired) electrons. The molecular weight excluding hydrogens is 414 g/mol. The van der Waals surface area contributed by atoms with Crippen molar-refractivity contribution < 1.29 is 18.3 Å². The van der Waals surface area contributed by atoms with Gasteiger partial charge in [0.15, 0.2) is 17.4 Å². The Hall–Kier alpha value is -3.29. The average Bonchev–Trinajstić information content (AvgIpc) is 3.38. The van der Waals surface area contributed by atoms with Crippen LogP contribution >= 0.6 is 0 Å². The molecule has 0 N–H and O–H groups in total. The number of nitrogens with zero attached hydrogens (tertiary/aromatic N) is 4. The summed E-state index contributed by atoms with van der Waals surface area (Å²) in [5, 5.41) is 8.12. The first kappa shape index (κ1) is 20.6. The van der Waals surface area contributed by atoms with Gasteiger partial charge in [0.2, 0.25) is 5.91 Å². The molecule has 166 valence electrons. The average molecular weight is 438 g/mol. The van der Waals surface area contributed by atoms with Crippen molar-refractivity contribution in [1.82, 2.24) is 19.7 Å². The number of rotatable bonds is 6. The number of methoxy groups -OCH3 is 1. The first-order valence-corrected chi connectivity index (χ1v) is 10.8. The van der Waals surface area contributed by atoms with E-state index in [4.69, 9.17) is 4.74 Å². The van der Waals surface area contributed by atoms with E-state index in [-0.39, 0.29) is 23.5 Å². The van der Waals surface area contributed by atoms with Crippen LogP contribution in [0, 0.1) is 23.5 Å². The van der Waals surface area contributed by atoms with Crippen molar-refractivity contribution in [2.24, 2.45) is 11.8 Å². The monoisotopic (exact) mass is 438 g/mol. The van der Waals surface area contributed by atoms with Gasteiger partial charge in [0, 0.05) is 25.6 Å². The molecule has 3 aromatic rings. The Morgan fingerprint density at radius 2 is 1.84 bits per heavy atom. The van der Waals surface area contributed by atoms with E-state index in [1.165, 1.54) is 25.3 Å². The molecule has 2 aliphatic rings. The molecule has 1 saturated heterocycles. The van der Waals surface area contributed by atoms with Crippen molar-refractivity contribution >= 4 is 5.91 Å². The SMILES string of the molecule is COc1ccc(-c2ccc(-c3nncn3C[C@@H]3CCN(C(=O)C4CC4)C3)c(F)c2)cc1F. The zero-order valence-electron chi connectivity index (χ0n) is 17.8. The summed E-state index contributed by atoms with van der Waals surface area (Å²) in [6, 6.07) is 9.29. The maximum absolute atomic E-state index is 15.0. The van der Waals surface area contributed by atoms with Crippen molar-refractivity contribution in [2.45, 2.75) is 25.8 Å². The van der Waals surface area contributed by atoms with Crippen molar-refractivity contribution in [3.63, 3.8) is 0 Å². The van der Waals surface area contributed by atoms with Gasteiger partial charge in [0.05, 0.1) is 12.7 Å². The van der Waals surface area contributed by atoms with E-state index in [1.807, 2.05) is 9.47 Å². The summed E-state index contributed by atoms with van der Waals surface area (Å²) in [5.41, 5.74) is 1.45. The molecule has 1 aromatic heterocycles. The molecular formula is C24H24F2N4O2. The predicted molar refractivity (Wildman–Crippen MR) is 115 cm³/mol. The van der Waals surface area contributed by atoms with Gasteiger partial charge in [-0.1, -0.05) is 12.1 Å². The minimum absolute atomic E-state index is 0.142. The number of carbonyl (C=O) groups is 1. The standard InChI is InChI=1S/C24H24F2N4O2/c1-32-22-7-5-18(11-21(22)26)17-4-6-19(20(25)10-17)23-28-27-14-30(23)13-15-8-9-29(12-15)24(31)16-2-3-16/h4-7,10-11,14-16H,2-3,8-9,12-13H2,1H3/t15-/m1/s1. The molecule has 1 saturated carbocycles. The lowest BCUT2D eigenvalue weighted by Gasteiger charge is -2.17. The number of halogens is 2. The summed E-state index contributed by atoms with van der Waals surface area (Å²) in [7, 11) is 1.40. The minimum Gasteiger partial charge on any atom is -0.494 e. The predicted octanol–water partition coefficient (Wildman–Crippen LogP) is 4.16. The van der Waals surface area contributed by atoms with Crippen LogP contribution < -0.4 is 4.74 Å². The van der Waals surface area contributed by atoms with Gasteiger partial charge in [-0.2, -0.15) is 0 Å². The van der Waals surface area contributed by atoms with Crippen LogP contribution in [-0.4, -0.2) is 45.8 Å². The van der Waals surface area contributed by atoms with Gasteiger partial charge in [0.25, 0.3) is 0 Å². The number of likely N-dealkylation sites (tertiary alicyclic amines) is 1. The molecule has 1 atom stereocenters. The van der Waals surface area contributed by atoms with E-state index in [9.17, 15) is 9.18 Å². The highest BCUT2D eigenvalue weighted by molar-refractivity contribution is 5.81. The Balaban J connectivity index is 1.33. The molecule has 8 heteroatoms. The highest BCUT2D eigenvalue weighted by atomic mass is 19.1. The fourth-order valence-electron chi connectivity index (χ4n) is 4.37. The van der Waals surface area contributed by atoms with Gasteiger partial charge in [-0.3, -0.25) is 4.79 Å². The van der Waals surface area contributed by atoms with Crippen LogP contribution in [0.5, 0.6) is 5.75 Å². The number of hydrogen-bond acceptors (Lipinski definition) is 4. The first-order chi connectivity index (χ1) is 15.5. The van der Waals surface area contributed by atoms with Gasteiger partial charge in [0.1, 0.15) is 12.1 Å². The van der Waals surface area contributed by atoms with Crippen LogP contribution in [-0.2, 0) is 11.3 Å². The van der Waals surface area contributed by atoms with Crippen LogP contribution in [0.25, 0.3) is 22.5 Å². The number of aromatic nitrogens is 3. The van der Waals surface area contributed by atoms with Crippen molar-refractivity contribution in [2.75, 3.05) is 20.2 Å². The lowest BCUT2D eigenvalue weighted by atomic mass is 10.0. The molecule has 0 spiro atoms. The second kappa shape index (κ2) is 8.33. The van der Waals surface area contributed by atoms with E-state index in [2.05, 4.69) is 10.2 Å². The molecule has 2 heterocycles. The summed E-state index contributed by atoms with van der Waals surface area (Å²) >= 11 is 0. The maximum atomic E-state index is 15.0. The lowest BCUT2D eigenvalue weighted by Crippen LogP contribution is -2.30. The summed E-state index contributed by atoms with van der Waals surface area (Å²) < 4.78 is 35.9. The van der Waals surface area contributed by atoms with E-state index in [0.29, 0.717) is 29.1 Å². The molecule has 32 heavy (non-hydrogen) atoms. The first-order valence-electron chi connectivity index (χ1n) is 10.8. The lowest BCUT2D eigenvalue weighted by molar-refractivity contribution is -0.131. The zero-order chi connectivity index (χ0) is 22.2. The Bertz CT molecular complexity index is 1160. The Labute approximate surface area is 184 Å². The number of hydrogen-bond donors (Lipinski definition) is 0. The van der Waals surface area contributed by atoms with Crippen molar-refractivity contribution in [3.8, 4) is 28.3 Å². The van der Waals surface area contributed by atoms with Gasteiger partial charge in [-0.05, 0) is 60.6 Å². The zero-order valence-corrected chi connectivity index (χ0v) is 17.8. The maximum Gasteiger partial charge on any atom is 0.225 e. The van der Waals surface area contributed by atoms with E-state index in [1.54, 1.807) is 24.5 Å². The van der Waals surface area contributed by atoms with Gasteiger partial charge >= 0.3 is 0 Å².